The molecule has 0 atom stereocenters. The second-order valence-electron chi connectivity index (χ2n) is 5.30. The van der Waals surface area contributed by atoms with Crippen LogP contribution in [-0.2, 0) is 4.74 Å². The first-order chi connectivity index (χ1) is 9.21. The first kappa shape index (κ1) is 16.9. The van der Waals surface area contributed by atoms with Crippen LogP contribution < -0.4 is 10.6 Å². The maximum absolute atomic E-state index is 11.9. The van der Waals surface area contributed by atoms with Gasteiger partial charge in [0.05, 0.1) is 12.7 Å². The number of thiocarbonyl (C=S) groups is 1. The largest absolute Gasteiger partial charge is 0.465 e. The molecule has 0 aliphatic rings. The van der Waals surface area contributed by atoms with Gasteiger partial charge in [0.25, 0.3) is 0 Å². The van der Waals surface area contributed by atoms with E-state index in [1.807, 2.05) is 13.8 Å². The Morgan fingerprint density at radius 2 is 2.00 bits per heavy atom. The third-order valence-electron chi connectivity index (χ3n) is 3.34. The van der Waals surface area contributed by atoms with Crippen molar-refractivity contribution in [1.82, 2.24) is 5.32 Å². The molecule has 4 nitrogen and oxygen atoms in total. The van der Waals surface area contributed by atoms with Gasteiger partial charge in [-0.25, -0.2) is 4.79 Å². The van der Waals surface area contributed by atoms with Gasteiger partial charge in [0.15, 0.2) is 5.11 Å². The summed E-state index contributed by atoms with van der Waals surface area (Å²) in [5.74, 6) is -0.341. The second-order valence-corrected chi connectivity index (χ2v) is 6.93. The van der Waals surface area contributed by atoms with Crippen molar-refractivity contribution in [3.05, 3.63) is 16.0 Å². The zero-order valence-corrected chi connectivity index (χ0v) is 14.5. The number of hydrogen-bond donors (Lipinski definition) is 2. The van der Waals surface area contributed by atoms with Crippen LogP contribution in [0, 0.1) is 13.8 Å². The van der Waals surface area contributed by atoms with Gasteiger partial charge in [0.1, 0.15) is 5.00 Å². The molecule has 0 unspecified atom stereocenters. The van der Waals surface area contributed by atoms with Gasteiger partial charge in [-0.2, -0.15) is 0 Å². The summed E-state index contributed by atoms with van der Waals surface area (Å²) < 4.78 is 4.84. The highest BCUT2D eigenvalue weighted by Crippen LogP contribution is 2.32. The number of nitrogens with one attached hydrogen (secondary N) is 2. The van der Waals surface area contributed by atoms with Crippen LogP contribution in [0.5, 0.6) is 0 Å². The van der Waals surface area contributed by atoms with E-state index in [0.29, 0.717) is 10.7 Å². The number of anilines is 1. The van der Waals surface area contributed by atoms with Crippen LogP contribution in [0.3, 0.4) is 0 Å². The van der Waals surface area contributed by atoms with Gasteiger partial charge in [-0.3, -0.25) is 0 Å². The third-order valence-corrected chi connectivity index (χ3v) is 4.66. The standard InChI is InChI=1S/C14H22N2O2S2/c1-7-14(4,5)16-13(19)15-11-10(12(17)18-6)8(2)9(3)20-11/h7H2,1-6H3,(H2,15,16,19). The van der Waals surface area contributed by atoms with Crippen molar-refractivity contribution < 1.29 is 9.53 Å². The summed E-state index contributed by atoms with van der Waals surface area (Å²) >= 11 is 6.82. The van der Waals surface area contributed by atoms with E-state index in [4.69, 9.17) is 17.0 Å². The SMILES string of the molecule is CCC(C)(C)NC(=S)Nc1sc(C)c(C)c1C(=O)OC. The van der Waals surface area contributed by atoms with Gasteiger partial charge in [-0.15, -0.1) is 11.3 Å². The number of thiophene rings is 1. The molecule has 112 valence electrons. The van der Waals surface area contributed by atoms with E-state index in [9.17, 15) is 4.79 Å². The van der Waals surface area contributed by atoms with Gasteiger partial charge in [0.2, 0.25) is 0 Å². The number of carbonyl (C=O) groups is 1. The minimum atomic E-state index is -0.341. The van der Waals surface area contributed by atoms with Gasteiger partial charge < -0.3 is 15.4 Å². The highest BCUT2D eigenvalue weighted by Gasteiger charge is 2.22. The van der Waals surface area contributed by atoms with Crippen molar-refractivity contribution in [3.8, 4) is 0 Å². The van der Waals surface area contributed by atoms with Crippen LogP contribution in [0.25, 0.3) is 0 Å². The average Bonchev–Trinajstić information content (AvgIpc) is 2.63. The van der Waals surface area contributed by atoms with E-state index in [0.717, 1.165) is 21.9 Å². The van der Waals surface area contributed by atoms with Crippen LogP contribution in [-0.4, -0.2) is 23.7 Å². The fourth-order valence-electron chi connectivity index (χ4n) is 1.59. The molecule has 2 N–H and O–H groups in total. The lowest BCUT2D eigenvalue weighted by Gasteiger charge is -2.26. The molecule has 0 saturated heterocycles. The summed E-state index contributed by atoms with van der Waals surface area (Å²) in [5, 5.41) is 7.61. The summed E-state index contributed by atoms with van der Waals surface area (Å²) in [6, 6.07) is 0. The Balaban J connectivity index is 2.96. The van der Waals surface area contributed by atoms with Crippen molar-refractivity contribution >= 4 is 39.6 Å². The molecule has 0 amide bonds. The molecular weight excluding hydrogens is 292 g/mol. The monoisotopic (exact) mass is 314 g/mol. The molecule has 1 aromatic heterocycles. The molecule has 0 aliphatic carbocycles. The number of hydrogen-bond acceptors (Lipinski definition) is 4. The maximum Gasteiger partial charge on any atom is 0.341 e. The van der Waals surface area contributed by atoms with Crippen LogP contribution in [0.15, 0.2) is 0 Å². The molecule has 0 spiro atoms. The summed E-state index contributed by atoms with van der Waals surface area (Å²) in [7, 11) is 1.38. The number of carbonyl (C=O) groups excluding carboxylic acids is 1. The molecule has 0 aromatic carbocycles. The minimum absolute atomic E-state index is 0.0864. The first-order valence-corrected chi connectivity index (χ1v) is 7.71. The highest BCUT2D eigenvalue weighted by molar-refractivity contribution is 7.80. The fourth-order valence-corrected chi connectivity index (χ4v) is 3.09. The summed E-state index contributed by atoms with van der Waals surface area (Å²) in [6.07, 6.45) is 0.946. The molecular formula is C14H22N2O2S2. The molecule has 1 heterocycles. The fraction of sp³-hybridized carbons (Fsp3) is 0.571. The number of ether oxygens (including phenoxy) is 1. The van der Waals surface area contributed by atoms with Gasteiger partial charge in [0, 0.05) is 10.4 Å². The lowest BCUT2D eigenvalue weighted by molar-refractivity contribution is 0.0601. The van der Waals surface area contributed by atoms with Crippen LogP contribution in [0.2, 0.25) is 0 Å². The van der Waals surface area contributed by atoms with Crippen molar-refractivity contribution in [2.45, 2.75) is 46.6 Å². The zero-order chi connectivity index (χ0) is 15.5. The second kappa shape index (κ2) is 6.54. The van der Waals surface area contributed by atoms with Gasteiger partial charge in [-0.1, -0.05) is 6.92 Å². The molecule has 1 rings (SSSR count). The Bertz CT molecular complexity index is 521. The molecule has 20 heavy (non-hydrogen) atoms. The van der Waals surface area contributed by atoms with Gasteiger partial charge >= 0.3 is 5.97 Å². The highest BCUT2D eigenvalue weighted by atomic mass is 32.1. The molecule has 0 radical (unpaired) electrons. The molecule has 0 aliphatic heterocycles. The van der Waals surface area contributed by atoms with E-state index >= 15 is 0 Å². The van der Waals surface area contributed by atoms with Crippen molar-refractivity contribution in [2.24, 2.45) is 0 Å². The smallest absolute Gasteiger partial charge is 0.341 e. The van der Waals surface area contributed by atoms with Crippen molar-refractivity contribution in [3.63, 3.8) is 0 Å². The summed E-state index contributed by atoms with van der Waals surface area (Å²) in [6.45, 7) is 10.1. The summed E-state index contributed by atoms with van der Waals surface area (Å²) in [5.41, 5.74) is 1.41. The predicted molar refractivity (Wildman–Crippen MR) is 88.9 cm³/mol. The number of rotatable bonds is 4. The van der Waals surface area contributed by atoms with Crippen molar-refractivity contribution in [2.75, 3.05) is 12.4 Å². The quantitative estimate of drug-likeness (QED) is 0.656. The van der Waals surface area contributed by atoms with E-state index in [2.05, 4.69) is 31.4 Å². The number of esters is 1. The maximum atomic E-state index is 11.9. The Labute approximate surface area is 129 Å². The molecule has 0 bridgehead atoms. The lowest BCUT2D eigenvalue weighted by Crippen LogP contribution is -2.44. The Morgan fingerprint density at radius 1 is 1.40 bits per heavy atom. The Morgan fingerprint density at radius 3 is 2.50 bits per heavy atom. The average molecular weight is 314 g/mol. The Kier molecular flexibility index (Phi) is 5.53. The normalized spacial score (nSPS) is 11.1. The first-order valence-electron chi connectivity index (χ1n) is 6.49. The minimum Gasteiger partial charge on any atom is -0.465 e. The summed E-state index contributed by atoms with van der Waals surface area (Å²) in [4.78, 5) is 12.9. The number of methoxy groups -OCH3 is 1. The van der Waals surface area contributed by atoms with E-state index in [-0.39, 0.29) is 11.5 Å². The van der Waals surface area contributed by atoms with Crippen LogP contribution >= 0.6 is 23.6 Å². The topological polar surface area (TPSA) is 50.4 Å². The van der Waals surface area contributed by atoms with E-state index in [1.165, 1.54) is 18.4 Å². The van der Waals surface area contributed by atoms with Crippen molar-refractivity contribution in [1.29, 1.82) is 0 Å². The van der Waals surface area contributed by atoms with E-state index in [1.54, 1.807) is 0 Å². The van der Waals surface area contributed by atoms with Crippen LogP contribution in [0.1, 0.15) is 48.0 Å². The van der Waals surface area contributed by atoms with Crippen LogP contribution in [0.4, 0.5) is 5.00 Å². The number of aryl methyl sites for hydroxylation is 1. The molecule has 6 heteroatoms. The molecule has 0 fully saturated rings. The molecule has 1 aromatic rings. The Hall–Kier alpha value is -1.14. The predicted octanol–water partition coefficient (Wildman–Crippen LogP) is 3.63. The lowest BCUT2D eigenvalue weighted by atomic mass is 10.0. The van der Waals surface area contributed by atoms with E-state index < -0.39 is 0 Å². The third kappa shape index (κ3) is 3.93. The van der Waals surface area contributed by atoms with Gasteiger partial charge in [-0.05, 0) is 51.9 Å². The zero-order valence-electron chi connectivity index (χ0n) is 12.8. The molecule has 0 saturated carbocycles.